The Hall–Kier alpha value is -3.78. The van der Waals surface area contributed by atoms with Crippen molar-refractivity contribution in [3.8, 4) is 11.1 Å². The summed E-state index contributed by atoms with van der Waals surface area (Å²) in [6, 6.07) is 20.8. The van der Waals surface area contributed by atoms with Gasteiger partial charge in [0.15, 0.2) is 0 Å². The minimum absolute atomic E-state index is 0.00849. The molecule has 2 aromatic carbocycles. The first-order valence-electron chi connectivity index (χ1n) is 13.5. The Morgan fingerprint density at radius 3 is 2.13 bits per heavy atom. The highest BCUT2D eigenvalue weighted by Gasteiger charge is 2.17. The van der Waals surface area contributed by atoms with E-state index in [0.29, 0.717) is 24.4 Å². The van der Waals surface area contributed by atoms with Crippen molar-refractivity contribution in [3.63, 3.8) is 0 Å². The standard InChI is InChI=1S/C23H31NO2S.C8H8N2O2/c1-3-5-7-11-15-21(24-26-16-12-6-4-2)23(25)22-17-20(18-27-22)19-13-9-8-10-14-19;9-7(11)8(12)10-6-4-2-1-3-5-6/h8-10,13-14,17-18H,3-7,11-12,15-16H2,1-2H3;1-5H,(H2,9,11)(H,10,12). The topological polar surface area (TPSA) is 111 Å². The van der Waals surface area contributed by atoms with Crippen LogP contribution in [0.25, 0.3) is 11.1 Å². The summed E-state index contributed by atoms with van der Waals surface area (Å²) in [7, 11) is 0. The second kappa shape index (κ2) is 18.5. The molecule has 208 valence electrons. The maximum absolute atomic E-state index is 13.0. The molecule has 0 spiro atoms. The second-order valence-electron chi connectivity index (χ2n) is 8.97. The van der Waals surface area contributed by atoms with Gasteiger partial charge in [-0.1, -0.05) is 99.6 Å². The molecule has 3 aromatic rings. The average Bonchev–Trinajstić information content (AvgIpc) is 3.45. The first kappa shape index (κ1) is 31.4. The van der Waals surface area contributed by atoms with E-state index in [4.69, 9.17) is 10.6 Å². The summed E-state index contributed by atoms with van der Waals surface area (Å²) in [5.41, 5.74) is 8.06. The van der Waals surface area contributed by atoms with Gasteiger partial charge >= 0.3 is 11.8 Å². The molecule has 0 fully saturated rings. The van der Waals surface area contributed by atoms with Gasteiger partial charge in [0.2, 0.25) is 5.78 Å². The Kier molecular flexibility index (Phi) is 14.9. The highest BCUT2D eigenvalue weighted by molar-refractivity contribution is 7.13. The fraction of sp³-hybridized carbons (Fsp3) is 0.355. The fourth-order valence-electron chi connectivity index (χ4n) is 3.55. The molecule has 7 nitrogen and oxygen atoms in total. The number of unbranched alkanes of at least 4 members (excludes halogenated alkanes) is 5. The maximum atomic E-state index is 13.0. The van der Waals surface area contributed by atoms with Crippen molar-refractivity contribution < 1.29 is 19.2 Å². The van der Waals surface area contributed by atoms with Crippen LogP contribution >= 0.6 is 11.3 Å². The van der Waals surface area contributed by atoms with Gasteiger partial charge in [-0.15, -0.1) is 11.3 Å². The molecule has 3 rings (SSSR count). The normalized spacial score (nSPS) is 10.8. The Balaban J connectivity index is 0.000000370. The number of nitrogens with one attached hydrogen (secondary N) is 1. The Morgan fingerprint density at radius 1 is 0.846 bits per heavy atom. The molecule has 8 heteroatoms. The van der Waals surface area contributed by atoms with Gasteiger partial charge in [0, 0.05) is 5.69 Å². The molecule has 1 aromatic heterocycles. The van der Waals surface area contributed by atoms with E-state index in [1.54, 1.807) is 30.3 Å². The van der Waals surface area contributed by atoms with Crippen LogP contribution in [-0.4, -0.2) is 29.9 Å². The number of rotatable bonds is 14. The van der Waals surface area contributed by atoms with Crippen molar-refractivity contribution >= 4 is 40.3 Å². The number of primary amides is 1. The average molecular weight is 550 g/mol. The molecule has 2 amide bonds. The number of benzene rings is 2. The molecule has 0 aliphatic heterocycles. The third-order valence-electron chi connectivity index (χ3n) is 5.73. The summed E-state index contributed by atoms with van der Waals surface area (Å²) in [5, 5.41) is 8.59. The minimum Gasteiger partial charge on any atom is -0.395 e. The summed E-state index contributed by atoms with van der Waals surface area (Å²) in [6.07, 6.45) is 8.41. The largest absolute Gasteiger partial charge is 0.395 e. The number of oxime groups is 1. The smallest absolute Gasteiger partial charge is 0.313 e. The molecule has 0 bridgehead atoms. The predicted molar refractivity (Wildman–Crippen MR) is 160 cm³/mol. The molecule has 0 saturated carbocycles. The second-order valence-corrected chi connectivity index (χ2v) is 9.88. The van der Waals surface area contributed by atoms with E-state index in [1.165, 1.54) is 24.2 Å². The third kappa shape index (κ3) is 12.1. The summed E-state index contributed by atoms with van der Waals surface area (Å²) in [4.78, 5) is 40.2. The van der Waals surface area contributed by atoms with Crippen molar-refractivity contribution in [2.75, 3.05) is 11.9 Å². The van der Waals surface area contributed by atoms with E-state index < -0.39 is 11.8 Å². The zero-order valence-corrected chi connectivity index (χ0v) is 23.7. The number of ketones is 1. The molecule has 3 N–H and O–H groups in total. The van der Waals surface area contributed by atoms with Crippen LogP contribution in [0.4, 0.5) is 5.69 Å². The molecule has 39 heavy (non-hydrogen) atoms. The summed E-state index contributed by atoms with van der Waals surface area (Å²) in [5.74, 6) is -1.78. The maximum Gasteiger partial charge on any atom is 0.313 e. The molecular weight excluding hydrogens is 510 g/mol. The van der Waals surface area contributed by atoms with E-state index in [0.717, 1.165) is 48.1 Å². The Morgan fingerprint density at radius 2 is 1.49 bits per heavy atom. The minimum atomic E-state index is -0.987. The van der Waals surface area contributed by atoms with Gasteiger partial charge in [-0.2, -0.15) is 0 Å². The molecule has 1 heterocycles. The number of nitrogens with two attached hydrogens (primary N) is 1. The number of thiophene rings is 1. The van der Waals surface area contributed by atoms with E-state index in [-0.39, 0.29) is 5.78 Å². The summed E-state index contributed by atoms with van der Waals surface area (Å²) in [6.45, 7) is 4.93. The monoisotopic (exact) mass is 549 g/mol. The number of para-hydroxylation sites is 1. The van der Waals surface area contributed by atoms with Crippen molar-refractivity contribution in [2.45, 2.75) is 65.2 Å². The number of amides is 2. The Labute approximate surface area is 235 Å². The van der Waals surface area contributed by atoms with Crippen LogP contribution in [-0.2, 0) is 14.4 Å². The zero-order chi connectivity index (χ0) is 28.3. The van der Waals surface area contributed by atoms with Gasteiger partial charge in [0.25, 0.3) is 0 Å². The molecule has 0 aliphatic rings. The van der Waals surface area contributed by atoms with Crippen LogP contribution in [0.2, 0.25) is 0 Å². The number of nitrogens with zero attached hydrogens (tertiary/aromatic N) is 1. The van der Waals surface area contributed by atoms with E-state index in [1.807, 2.05) is 29.6 Å². The SMILES string of the molecule is CCCCCCC(=NOCCCCC)C(=O)c1cc(-c2ccccc2)cs1.NC(=O)C(=O)Nc1ccccc1. The zero-order valence-electron chi connectivity index (χ0n) is 22.9. The summed E-state index contributed by atoms with van der Waals surface area (Å²) < 4.78 is 0. The van der Waals surface area contributed by atoms with Crippen molar-refractivity contribution in [1.29, 1.82) is 0 Å². The van der Waals surface area contributed by atoms with Gasteiger partial charge in [0.1, 0.15) is 12.3 Å². The molecular formula is C31H39N3O4S. The van der Waals surface area contributed by atoms with Gasteiger partial charge in [-0.25, -0.2) is 0 Å². The van der Waals surface area contributed by atoms with Gasteiger partial charge in [-0.3, -0.25) is 14.4 Å². The van der Waals surface area contributed by atoms with Crippen molar-refractivity contribution in [2.24, 2.45) is 10.9 Å². The lowest BCUT2D eigenvalue weighted by atomic mass is 10.0. The first-order valence-corrected chi connectivity index (χ1v) is 14.4. The van der Waals surface area contributed by atoms with Crippen molar-refractivity contribution in [1.82, 2.24) is 0 Å². The quantitative estimate of drug-likeness (QED) is 0.0726. The first-order chi connectivity index (χ1) is 19.0. The van der Waals surface area contributed by atoms with E-state index in [9.17, 15) is 14.4 Å². The van der Waals surface area contributed by atoms with E-state index >= 15 is 0 Å². The van der Waals surface area contributed by atoms with Crippen LogP contribution in [0, 0.1) is 0 Å². The van der Waals surface area contributed by atoms with Gasteiger partial charge < -0.3 is 15.9 Å². The van der Waals surface area contributed by atoms with E-state index in [2.05, 4.69) is 36.5 Å². The Bertz CT molecular complexity index is 1180. The van der Waals surface area contributed by atoms with Crippen LogP contribution < -0.4 is 11.1 Å². The molecule has 0 unspecified atom stereocenters. The van der Waals surface area contributed by atoms with Crippen LogP contribution in [0.5, 0.6) is 0 Å². The summed E-state index contributed by atoms with van der Waals surface area (Å²) >= 11 is 1.49. The highest BCUT2D eigenvalue weighted by atomic mass is 32.1. The van der Waals surface area contributed by atoms with Gasteiger partial charge in [-0.05, 0) is 54.0 Å². The number of hydrogen-bond acceptors (Lipinski definition) is 6. The number of hydrogen-bond donors (Lipinski definition) is 2. The van der Waals surface area contributed by atoms with Gasteiger partial charge in [0.05, 0.1) is 4.88 Å². The number of Topliss-reactive ketones (excluding diaryl/α,β-unsaturated/α-hetero) is 1. The molecule has 0 saturated heterocycles. The lowest BCUT2D eigenvalue weighted by Crippen LogP contribution is -2.29. The molecule has 0 aliphatic carbocycles. The van der Waals surface area contributed by atoms with Crippen LogP contribution in [0.15, 0.2) is 77.3 Å². The molecule has 0 radical (unpaired) electrons. The number of anilines is 1. The van der Waals surface area contributed by atoms with Crippen molar-refractivity contribution in [3.05, 3.63) is 77.0 Å². The lowest BCUT2D eigenvalue weighted by molar-refractivity contribution is -0.134. The lowest BCUT2D eigenvalue weighted by Gasteiger charge is -2.05. The van der Waals surface area contributed by atoms with Crippen LogP contribution in [0.3, 0.4) is 0 Å². The van der Waals surface area contributed by atoms with Crippen LogP contribution in [0.1, 0.15) is 74.9 Å². The highest BCUT2D eigenvalue weighted by Crippen LogP contribution is 2.26. The fourth-order valence-corrected chi connectivity index (χ4v) is 4.43. The number of carbonyl (C=O) groups is 3. The third-order valence-corrected chi connectivity index (χ3v) is 6.66. The predicted octanol–water partition coefficient (Wildman–Crippen LogP) is 7.24. The number of carbonyl (C=O) groups excluding carboxylic acids is 3. The molecule has 0 atom stereocenters.